The molecule has 0 N–H and O–H groups in total. The average molecular weight is 279 g/mol. The Kier molecular flexibility index (Phi) is 3.97. The molecule has 0 radical (unpaired) electrons. The van der Waals surface area contributed by atoms with E-state index in [0.29, 0.717) is 17.2 Å². The van der Waals surface area contributed by atoms with E-state index < -0.39 is 5.97 Å². The molecule has 6 heteroatoms. The third-order valence-electron chi connectivity index (χ3n) is 2.42. The van der Waals surface area contributed by atoms with Gasteiger partial charge in [0.1, 0.15) is 5.75 Å². The molecule has 1 heterocycles. The molecule has 0 unspecified atom stereocenters. The van der Waals surface area contributed by atoms with Crippen LogP contribution in [-0.4, -0.2) is 23.0 Å². The van der Waals surface area contributed by atoms with E-state index in [4.69, 9.17) is 16.3 Å². The molecule has 0 spiro atoms. The predicted molar refractivity (Wildman–Crippen MR) is 69.6 cm³/mol. The molecule has 98 valence electrons. The zero-order valence-electron chi connectivity index (χ0n) is 10.4. The SMILES string of the molecule is COC(=O)c1ccc(C)c(Oc2ccnc(Cl)n2)c1. The van der Waals surface area contributed by atoms with Crippen molar-refractivity contribution in [2.75, 3.05) is 7.11 Å². The second kappa shape index (κ2) is 5.67. The number of carbonyl (C=O) groups is 1. The van der Waals surface area contributed by atoms with E-state index >= 15 is 0 Å². The third kappa shape index (κ3) is 3.20. The molecule has 0 aliphatic carbocycles. The molecular formula is C13H11ClN2O3. The van der Waals surface area contributed by atoms with Crippen molar-refractivity contribution < 1.29 is 14.3 Å². The highest BCUT2D eigenvalue weighted by molar-refractivity contribution is 6.28. The minimum atomic E-state index is -0.425. The lowest BCUT2D eigenvalue weighted by Gasteiger charge is -2.09. The lowest BCUT2D eigenvalue weighted by molar-refractivity contribution is 0.0600. The van der Waals surface area contributed by atoms with Gasteiger partial charge in [-0.05, 0) is 36.2 Å². The molecule has 0 bridgehead atoms. The van der Waals surface area contributed by atoms with E-state index in [1.54, 1.807) is 24.3 Å². The Balaban J connectivity index is 2.31. The number of halogens is 1. The van der Waals surface area contributed by atoms with Gasteiger partial charge in [0.05, 0.1) is 12.7 Å². The standard InChI is InChI=1S/C13H11ClN2O3/c1-8-3-4-9(12(17)18-2)7-10(8)19-11-5-6-15-13(14)16-11/h3-7H,1-2H3. The van der Waals surface area contributed by atoms with Crippen LogP contribution < -0.4 is 4.74 Å². The Bertz CT molecular complexity index is 617. The average Bonchev–Trinajstić information content (AvgIpc) is 2.40. The van der Waals surface area contributed by atoms with Crippen LogP contribution >= 0.6 is 11.6 Å². The summed E-state index contributed by atoms with van der Waals surface area (Å²) < 4.78 is 10.2. The third-order valence-corrected chi connectivity index (χ3v) is 2.61. The lowest BCUT2D eigenvalue weighted by atomic mass is 10.1. The van der Waals surface area contributed by atoms with Crippen LogP contribution in [0.2, 0.25) is 5.28 Å². The van der Waals surface area contributed by atoms with E-state index in [-0.39, 0.29) is 5.28 Å². The van der Waals surface area contributed by atoms with E-state index in [0.717, 1.165) is 5.56 Å². The summed E-state index contributed by atoms with van der Waals surface area (Å²) in [4.78, 5) is 19.1. The van der Waals surface area contributed by atoms with Gasteiger partial charge >= 0.3 is 5.97 Å². The second-order valence-corrected chi connectivity index (χ2v) is 4.08. The van der Waals surface area contributed by atoms with Crippen molar-refractivity contribution in [3.8, 4) is 11.6 Å². The normalized spacial score (nSPS) is 10.1. The monoisotopic (exact) mass is 278 g/mol. The summed E-state index contributed by atoms with van der Waals surface area (Å²) in [5.41, 5.74) is 1.27. The molecule has 0 fully saturated rings. The van der Waals surface area contributed by atoms with E-state index in [2.05, 4.69) is 14.7 Å². The molecule has 1 aromatic heterocycles. The summed E-state index contributed by atoms with van der Waals surface area (Å²) in [5, 5.41) is 0.0966. The minimum absolute atomic E-state index is 0.0966. The Morgan fingerprint density at radius 1 is 1.32 bits per heavy atom. The number of benzene rings is 1. The van der Waals surface area contributed by atoms with E-state index in [9.17, 15) is 4.79 Å². The van der Waals surface area contributed by atoms with Gasteiger partial charge in [0.15, 0.2) is 0 Å². The van der Waals surface area contributed by atoms with Gasteiger partial charge in [-0.15, -0.1) is 0 Å². The molecule has 5 nitrogen and oxygen atoms in total. The number of hydrogen-bond donors (Lipinski definition) is 0. The van der Waals surface area contributed by atoms with Gasteiger partial charge in [0, 0.05) is 12.3 Å². The molecule has 0 aliphatic rings. The molecule has 1 aromatic carbocycles. The fraction of sp³-hybridized carbons (Fsp3) is 0.154. The van der Waals surface area contributed by atoms with Crippen LogP contribution in [0.4, 0.5) is 0 Å². The maximum Gasteiger partial charge on any atom is 0.337 e. The van der Waals surface area contributed by atoms with Crippen LogP contribution in [0, 0.1) is 6.92 Å². The summed E-state index contributed by atoms with van der Waals surface area (Å²) in [6, 6.07) is 6.61. The van der Waals surface area contributed by atoms with E-state index in [1.807, 2.05) is 6.92 Å². The Morgan fingerprint density at radius 2 is 2.11 bits per heavy atom. The van der Waals surface area contributed by atoms with Crippen LogP contribution in [0.15, 0.2) is 30.5 Å². The molecule has 0 aliphatic heterocycles. The molecule has 0 atom stereocenters. The highest BCUT2D eigenvalue weighted by atomic mass is 35.5. The van der Waals surface area contributed by atoms with Crippen LogP contribution in [0.3, 0.4) is 0 Å². The van der Waals surface area contributed by atoms with Crippen LogP contribution in [-0.2, 0) is 4.74 Å². The molecule has 2 aromatic rings. The summed E-state index contributed by atoms with van der Waals surface area (Å²) >= 11 is 5.68. The van der Waals surface area contributed by atoms with Gasteiger partial charge in [-0.3, -0.25) is 0 Å². The van der Waals surface area contributed by atoms with Gasteiger partial charge < -0.3 is 9.47 Å². The summed E-state index contributed by atoms with van der Waals surface area (Å²) in [5.74, 6) is 0.397. The number of aryl methyl sites for hydroxylation is 1. The highest BCUT2D eigenvalue weighted by Gasteiger charge is 2.10. The van der Waals surface area contributed by atoms with Gasteiger partial charge in [0.25, 0.3) is 0 Å². The second-order valence-electron chi connectivity index (χ2n) is 3.74. The van der Waals surface area contributed by atoms with E-state index in [1.165, 1.54) is 13.3 Å². The van der Waals surface area contributed by atoms with Crippen molar-refractivity contribution >= 4 is 17.6 Å². The number of ether oxygens (including phenoxy) is 2. The summed E-state index contributed by atoms with van der Waals surface area (Å²) in [6.07, 6.45) is 1.49. The number of rotatable bonds is 3. The largest absolute Gasteiger partial charge is 0.465 e. The topological polar surface area (TPSA) is 61.3 Å². The first-order valence-electron chi connectivity index (χ1n) is 5.45. The molecule has 0 amide bonds. The van der Waals surface area contributed by atoms with Crippen LogP contribution in [0.5, 0.6) is 11.6 Å². The Hall–Kier alpha value is -2.14. The quantitative estimate of drug-likeness (QED) is 0.638. The Labute approximate surface area is 115 Å². The van der Waals surface area contributed by atoms with Crippen molar-refractivity contribution in [1.29, 1.82) is 0 Å². The molecular weight excluding hydrogens is 268 g/mol. The van der Waals surface area contributed by atoms with Crippen LogP contribution in [0.1, 0.15) is 15.9 Å². The Morgan fingerprint density at radius 3 is 2.79 bits per heavy atom. The van der Waals surface area contributed by atoms with Crippen molar-refractivity contribution in [3.05, 3.63) is 46.9 Å². The summed E-state index contributed by atoms with van der Waals surface area (Å²) in [7, 11) is 1.33. The molecule has 0 saturated heterocycles. The number of aromatic nitrogens is 2. The highest BCUT2D eigenvalue weighted by Crippen LogP contribution is 2.25. The van der Waals surface area contributed by atoms with Crippen molar-refractivity contribution in [2.45, 2.75) is 6.92 Å². The fourth-order valence-corrected chi connectivity index (χ4v) is 1.58. The first-order chi connectivity index (χ1) is 9.10. The smallest absolute Gasteiger partial charge is 0.337 e. The maximum absolute atomic E-state index is 11.5. The van der Waals surface area contributed by atoms with Crippen molar-refractivity contribution in [2.24, 2.45) is 0 Å². The predicted octanol–water partition coefficient (Wildman–Crippen LogP) is 3.02. The fourth-order valence-electron chi connectivity index (χ4n) is 1.44. The number of carbonyl (C=O) groups excluding carboxylic acids is 1. The van der Waals surface area contributed by atoms with Crippen molar-refractivity contribution in [3.63, 3.8) is 0 Å². The lowest BCUT2D eigenvalue weighted by Crippen LogP contribution is -2.02. The molecule has 2 rings (SSSR count). The maximum atomic E-state index is 11.5. The summed E-state index contributed by atoms with van der Waals surface area (Å²) in [6.45, 7) is 1.86. The van der Waals surface area contributed by atoms with Gasteiger partial charge in [-0.2, -0.15) is 4.98 Å². The van der Waals surface area contributed by atoms with Crippen LogP contribution in [0.25, 0.3) is 0 Å². The zero-order valence-corrected chi connectivity index (χ0v) is 11.1. The molecule has 19 heavy (non-hydrogen) atoms. The first kappa shape index (κ1) is 13.3. The zero-order chi connectivity index (χ0) is 13.8. The number of nitrogens with zero attached hydrogens (tertiary/aromatic N) is 2. The van der Waals surface area contributed by atoms with Gasteiger partial charge in [-0.1, -0.05) is 6.07 Å². The molecule has 0 saturated carbocycles. The number of esters is 1. The van der Waals surface area contributed by atoms with Gasteiger partial charge in [-0.25, -0.2) is 9.78 Å². The van der Waals surface area contributed by atoms with Crippen molar-refractivity contribution in [1.82, 2.24) is 9.97 Å². The minimum Gasteiger partial charge on any atom is -0.465 e. The first-order valence-corrected chi connectivity index (χ1v) is 5.83. The number of hydrogen-bond acceptors (Lipinski definition) is 5. The number of methoxy groups -OCH3 is 1. The van der Waals surface area contributed by atoms with Gasteiger partial charge in [0.2, 0.25) is 11.2 Å².